The Bertz CT molecular complexity index is 462. The number of nitrogens with zero attached hydrogens (tertiary/aromatic N) is 2. The maximum atomic E-state index is 12.4. The Labute approximate surface area is 107 Å². The molecule has 1 aliphatic rings. The summed E-state index contributed by atoms with van der Waals surface area (Å²) < 4.78 is 5.51. The lowest BCUT2D eigenvalue weighted by Gasteiger charge is -2.37. The number of rotatable bonds is 1. The molecule has 0 bridgehead atoms. The largest absolute Gasteiger partial charge is 0.398 e. The third kappa shape index (κ3) is 2.46. The summed E-state index contributed by atoms with van der Waals surface area (Å²) in [6, 6.07) is 1.79. The molecule has 98 valence electrons. The van der Waals surface area contributed by atoms with E-state index in [9.17, 15) is 4.79 Å². The van der Waals surface area contributed by atoms with Crippen LogP contribution < -0.4 is 5.73 Å². The lowest BCUT2D eigenvalue weighted by Crippen LogP contribution is -2.50. The number of amides is 1. The SMILES string of the molecule is Cc1cc(N)c(C(=O)N2CC(C)OCC2C)cn1. The molecule has 18 heavy (non-hydrogen) atoms. The zero-order valence-electron chi connectivity index (χ0n) is 11.0. The van der Waals surface area contributed by atoms with Gasteiger partial charge in [-0.05, 0) is 26.8 Å². The molecule has 0 spiro atoms. The number of pyridine rings is 1. The smallest absolute Gasteiger partial charge is 0.257 e. The van der Waals surface area contributed by atoms with E-state index in [0.717, 1.165) is 5.69 Å². The minimum Gasteiger partial charge on any atom is -0.398 e. The molecule has 1 aliphatic heterocycles. The molecule has 2 N–H and O–H groups in total. The molecule has 1 amide bonds. The second-order valence-corrected chi connectivity index (χ2v) is 4.86. The molecular weight excluding hydrogens is 230 g/mol. The molecule has 0 radical (unpaired) electrons. The second-order valence-electron chi connectivity index (χ2n) is 4.86. The number of morpholine rings is 1. The van der Waals surface area contributed by atoms with Crippen LogP contribution in [-0.4, -0.2) is 41.1 Å². The molecule has 2 atom stereocenters. The van der Waals surface area contributed by atoms with E-state index in [1.54, 1.807) is 17.2 Å². The predicted octanol–water partition coefficient (Wildman–Crippen LogP) is 1.22. The van der Waals surface area contributed by atoms with Gasteiger partial charge in [-0.15, -0.1) is 0 Å². The summed E-state index contributed by atoms with van der Waals surface area (Å²) in [4.78, 5) is 18.4. The molecule has 2 heterocycles. The first-order valence-corrected chi connectivity index (χ1v) is 6.13. The number of aryl methyl sites for hydroxylation is 1. The van der Waals surface area contributed by atoms with Crippen molar-refractivity contribution in [1.29, 1.82) is 0 Å². The summed E-state index contributed by atoms with van der Waals surface area (Å²) in [7, 11) is 0. The van der Waals surface area contributed by atoms with Gasteiger partial charge in [0.15, 0.2) is 0 Å². The van der Waals surface area contributed by atoms with Crippen LogP contribution in [0, 0.1) is 6.92 Å². The molecule has 1 saturated heterocycles. The van der Waals surface area contributed by atoms with Crippen molar-refractivity contribution in [2.75, 3.05) is 18.9 Å². The predicted molar refractivity (Wildman–Crippen MR) is 69.3 cm³/mol. The van der Waals surface area contributed by atoms with E-state index in [1.807, 2.05) is 20.8 Å². The number of carbonyl (C=O) groups is 1. The fourth-order valence-electron chi connectivity index (χ4n) is 2.10. The zero-order chi connectivity index (χ0) is 13.3. The Kier molecular flexibility index (Phi) is 3.52. The number of carbonyl (C=O) groups excluding carboxylic acids is 1. The van der Waals surface area contributed by atoms with Crippen LogP contribution >= 0.6 is 0 Å². The van der Waals surface area contributed by atoms with Gasteiger partial charge in [-0.25, -0.2) is 0 Å². The highest BCUT2D eigenvalue weighted by Gasteiger charge is 2.29. The number of nitrogen functional groups attached to an aromatic ring is 1. The monoisotopic (exact) mass is 249 g/mol. The summed E-state index contributed by atoms with van der Waals surface area (Å²) in [5.74, 6) is -0.0670. The molecular formula is C13H19N3O2. The average molecular weight is 249 g/mol. The molecule has 2 rings (SSSR count). The highest BCUT2D eigenvalue weighted by Crippen LogP contribution is 2.19. The molecule has 0 saturated carbocycles. The highest BCUT2D eigenvalue weighted by molar-refractivity contribution is 5.99. The van der Waals surface area contributed by atoms with Gasteiger partial charge in [0.05, 0.1) is 24.3 Å². The van der Waals surface area contributed by atoms with Gasteiger partial charge in [-0.2, -0.15) is 0 Å². The van der Waals surface area contributed by atoms with Gasteiger partial charge in [0.2, 0.25) is 0 Å². The Hall–Kier alpha value is -1.62. The highest BCUT2D eigenvalue weighted by atomic mass is 16.5. The van der Waals surface area contributed by atoms with Crippen LogP contribution in [0.15, 0.2) is 12.3 Å². The fraction of sp³-hybridized carbons (Fsp3) is 0.538. The van der Waals surface area contributed by atoms with Crippen LogP contribution in [0.2, 0.25) is 0 Å². The van der Waals surface area contributed by atoms with Gasteiger partial charge in [0.25, 0.3) is 5.91 Å². The summed E-state index contributed by atoms with van der Waals surface area (Å²) in [5.41, 5.74) is 7.66. The first-order chi connectivity index (χ1) is 8.49. The quantitative estimate of drug-likeness (QED) is 0.812. The lowest BCUT2D eigenvalue weighted by molar-refractivity contribution is -0.0386. The van der Waals surface area contributed by atoms with E-state index in [-0.39, 0.29) is 18.1 Å². The van der Waals surface area contributed by atoms with Crippen molar-refractivity contribution >= 4 is 11.6 Å². The normalized spacial score (nSPS) is 24.1. The standard InChI is InChI=1S/C13H19N3O2/c1-8-4-12(14)11(5-15-8)13(17)16-6-10(3)18-7-9(16)2/h4-5,9-10H,6-7H2,1-3H3,(H2,14,15). The van der Waals surface area contributed by atoms with Crippen molar-refractivity contribution in [3.05, 3.63) is 23.5 Å². The Morgan fingerprint density at radius 1 is 1.56 bits per heavy atom. The Balaban J connectivity index is 2.24. The molecule has 0 aliphatic carbocycles. The summed E-state index contributed by atoms with van der Waals surface area (Å²) in [6.45, 7) is 6.94. The van der Waals surface area contributed by atoms with Crippen LogP contribution in [0.25, 0.3) is 0 Å². The van der Waals surface area contributed by atoms with Crippen molar-refractivity contribution in [2.45, 2.75) is 32.9 Å². The first-order valence-electron chi connectivity index (χ1n) is 6.13. The number of hydrogen-bond donors (Lipinski definition) is 1. The van der Waals surface area contributed by atoms with Crippen LogP contribution in [0.5, 0.6) is 0 Å². The third-order valence-corrected chi connectivity index (χ3v) is 3.17. The van der Waals surface area contributed by atoms with Gasteiger partial charge in [-0.1, -0.05) is 0 Å². The molecule has 0 aromatic carbocycles. The molecule has 1 aromatic heterocycles. The number of nitrogens with two attached hydrogens (primary N) is 1. The number of anilines is 1. The van der Waals surface area contributed by atoms with E-state index in [1.165, 1.54) is 0 Å². The van der Waals surface area contributed by atoms with Crippen molar-refractivity contribution in [3.8, 4) is 0 Å². The molecule has 5 heteroatoms. The zero-order valence-corrected chi connectivity index (χ0v) is 11.0. The topological polar surface area (TPSA) is 68.5 Å². The van der Waals surface area contributed by atoms with Gasteiger partial charge in [0, 0.05) is 24.1 Å². The second kappa shape index (κ2) is 4.94. The molecule has 2 unspecified atom stereocenters. The number of ether oxygens (including phenoxy) is 1. The van der Waals surface area contributed by atoms with Crippen LogP contribution in [-0.2, 0) is 4.74 Å². The lowest BCUT2D eigenvalue weighted by atomic mass is 10.1. The van der Waals surface area contributed by atoms with Crippen LogP contribution in [0.4, 0.5) is 5.69 Å². The molecule has 1 fully saturated rings. The Morgan fingerprint density at radius 3 is 2.94 bits per heavy atom. The number of hydrogen-bond acceptors (Lipinski definition) is 4. The summed E-state index contributed by atoms with van der Waals surface area (Å²) in [6.07, 6.45) is 1.62. The maximum Gasteiger partial charge on any atom is 0.257 e. The van der Waals surface area contributed by atoms with E-state index in [0.29, 0.717) is 24.4 Å². The Morgan fingerprint density at radius 2 is 2.28 bits per heavy atom. The van der Waals surface area contributed by atoms with Crippen molar-refractivity contribution in [2.24, 2.45) is 0 Å². The van der Waals surface area contributed by atoms with Gasteiger partial charge < -0.3 is 15.4 Å². The van der Waals surface area contributed by atoms with E-state index < -0.39 is 0 Å². The van der Waals surface area contributed by atoms with E-state index >= 15 is 0 Å². The van der Waals surface area contributed by atoms with E-state index in [2.05, 4.69) is 4.98 Å². The van der Waals surface area contributed by atoms with Crippen LogP contribution in [0.3, 0.4) is 0 Å². The first kappa shape index (κ1) is 12.8. The maximum absolute atomic E-state index is 12.4. The molecule has 5 nitrogen and oxygen atoms in total. The average Bonchev–Trinajstić information content (AvgIpc) is 2.31. The van der Waals surface area contributed by atoms with Crippen molar-refractivity contribution in [3.63, 3.8) is 0 Å². The van der Waals surface area contributed by atoms with Gasteiger partial charge in [0.1, 0.15) is 0 Å². The minimum absolute atomic E-state index is 0.0600. The summed E-state index contributed by atoms with van der Waals surface area (Å²) in [5, 5.41) is 0. The van der Waals surface area contributed by atoms with Crippen molar-refractivity contribution in [1.82, 2.24) is 9.88 Å². The fourth-order valence-corrected chi connectivity index (χ4v) is 2.10. The van der Waals surface area contributed by atoms with Gasteiger partial charge >= 0.3 is 0 Å². The number of aromatic nitrogens is 1. The minimum atomic E-state index is -0.0670. The third-order valence-electron chi connectivity index (χ3n) is 3.17. The van der Waals surface area contributed by atoms with E-state index in [4.69, 9.17) is 10.5 Å². The molecule has 1 aromatic rings. The summed E-state index contributed by atoms with van der Waals surface area (Å²) >= 11 is 0. The van der Waals surface area contributed by atoms with Gasteiger partial charge in [-0.3, -0.25) is 9.78 Å². The van der Waals surface area contributed by atoms with Crippen molar-refractivity contribution < 1.29 is 9.53 Å². The van der Waals surface area contributed by atoms with Crippen LogP contribution in [0.1, 0.15) is 29.9 Å².